The van der Waals surface area contributed by atoms with Crippen molar-refractivity contribution in [2.24, 2.45) is 0 Å². The van der Waals surface area contributed by atoms with E-state index >= 15 is 0 Å². The molecule has 0 radical (unpaired) electrons. The highest BCUT2D eigenvalue weighted by Crippen LogP contribution is 2.26. The van der Waals surface area contributed by atoms with E-state index in [1.54, 1.807) is 19.2 Å². The highest BCUT2D eigenvalue weighted by atomic mass is 32.1. The average Bonchev–Trinajstić information content (AvgIpc) is 3.27. The minimum atomic E-state index is -0.287. The summed E-state index contributed by atoms with van der Waals surface area (Å²) in [7, 11) is 1.62. The molecule has 31 heavy (non-hydrogen) atoms. The zero-order chi connectivity index (χ0) is 21.6. The van der Waals surface area contributed by atoms with Crippen LogP contribution >= 0.6 is 11.3 Å². The fraction of sp³-hybridized carbons (Fsp3) is 0.120. The summed E-state index contributed by atoms with van der Waals surface area (Å²) in [6.07, 6.45) is 0.164. The van der Waals surface area contributed by atoms with E-state index in [1.165, 1.54) is 23.5 Å². The molecule has 0 aliphatic heterocycles. The summed E-state index contributed by atoms with van der Waals surface area (Å²) in [5.74, 6) is 0.351. The van der Waals surface area contributed by atoms with Crippen LogP contribution < -0.4 is 10.1 Å². The molecule has 4 nitrogen and oxygen atoms in total. The first-order chi connectivity index (χ1) is 15.1. The van der Waals surface area contributed by atoms with Gasteiger partial charge in [-0.2, -0.15) is 0 Å². The van der Waals surface area contributed by atoms with Gasteiger partial charge < -0.3 is 10.1 Å². The van der Waals surface area contributed by atoms with Crippen LogP contribution in [0.4, 0.5) is 4.39 Å². The number of benzene rings is 3. The zero-order valence-corrected chi connectivity index (χ0v) is 17.7. The van der Waals surface area contributed by atoms with E-state index < -0.39 is 0 Å². The molecule has 3 aromatic carbocycles. The number of carbonyl (C=O) groups is 1. The van der Waals surface area contributed by atoms with Gasteiger partial charge in [-0.3, -0.25) is 4.79 Å². The Kier molecular flexibility index (Phi) is 6.38. The number of nitrogens with one attached hydrogen (secondary N) is 1. The first-order valence-corrected chi connectivity index (χ1v) is 10.7. The number of amides is 1. The molecule has 1 atom stereocenters. The van der Waals surface area contributed by atoms with Crippen molar-refractivity contribution in [3.8, 4) is 16.3 Å². The quantitative estimate of drug-likeness (QED) is 0.425. The molecule has 1 heterocycles. The summed E-state index contributed by atoms with van der Waals surface area (Å²) in [4.78, 5) is 17.4. The van der Waals surface area contributed by atoms with Gasteiger partial charge in [0.1, 0.15) is 16.6 Å². The van der Waals surface area contributed by atoms with Crippen LogP contribution in [0.3, 0.4) is 0 Å². The van der Waals surface area contributed by atoms with Crippen LogP contribution in [0.15, 0.2) is 84.2 Å². The van der Waals surface area contributed by atoms with Crippen molar-refractivity contribution in [3.63, 3.8) is 0 Å². The maximum Gasteiger partial charge on any atom is 0.226 e. The van der Waals surface area contributed by atoms with E-state index in [4.69, 9.17) is 4.74 Å². The van der Waals surface area contributed by atoms with Gasteiger partial charge >= 0.3 is 0 Å². The number of hydrogen-bond donors (Lipinski definition) is 1. The minimum absolute atomic E-state index is 0.124. The fourth-order valence-electron chi connectivity index (χ4n) is 3.29. The molecule has 0 saturated heterocycles. The van der Waals surface area contributed by atoms with Crippen molar-refractivity contribution in [2.45, 2.75) is 12.5 Å². The lowest BCUT2D eigenvalue weighted by Crippen LogP contribution is -2.30. The normalized spacial score (nSPS) is 11.7. The summed E-state index contributed by atoms with van der Waals surface area (Å²) in [5.41, 5.74) is 3.47. The summed E-state index contributed by atoms with van der Waals surface area (Å²) in [6, 6.07) is 23.4. The molecule has 0 fully saturated rings. The number of methoxy groups -OCH3 is 1. The van der Waals surface area contributed by atoms with E-state index in [1.807, 2.05) is 60.0 Å². The van der Waals surface area contributed by atoms with Crippen LogP contribution in [0, 0.1) is 5.82 Å². The monoisotopic (exact) mass is 432 g/mol. The first kappa shape index (κ1) is 20.8. The molecule has 1 N–H and O–H groups in total. The number of nitrogens with zero attached hydrogens (tertiary/aromatic N) is 1. The predicted molar refractivity (Wildman–Crippen MR) is 121 cm³/mol. The standard InChI is InChI=1S/C25H21FN2O2S/c1-30-22-13-9-18(10-14-22)24(17-5-3-2-4-6-17)28-23(29)15-21-16-31-25(27-21)19-7-11-20(26)12-8-19/h2-14,16,24H,15H2,1H3,(H,28,29)/t24-/m0/s1. The summed E-state index contributed by atoms with van der Waals surface area (Å²) in [6.45, 7) is 0. The van der Waals surface area contributed by atoms with E-state index in [9.17, 15) is 9.18 Å². The number of hydrogen-bond acceptors (Lipinski definition) is 4. The van der Waals surface area contributed by atoms with E-state index in [0.717, 1.165) is 27.4 Å². The second-order valence-corrected chi connectivity index (χ2v) is 7.87. The molecule has 6 heteroatoms. The Morgan fingerprint density at radius 2 is 1.68 bits per heavy atom. The van der Waals surface area contributed by atoms with Gasteiger partial charge in [-0.15, -0.1) is 11.3 Å². The lowest BCUT2D eigenvalue weighted by molar-refractivity contribution is -0.121. The van der Waals surface area contributed by atoms with Crippen LogP contribution in [0.25, 0.3) is 10.6 Å². The van der Waals surface area contributed by atoms with Crippen molar-refractivity contribution in [1.29, 1.82) is 0 Å². The molecule has 0 unspecified atom stereocenters. The molecule has 0 spiro atoms. The lowest BCUT2D eigenvalue weighted by atomic mass is 9.98. The number of halogens is 1. The second kappa shape index (κ2) is 9.53. The molecule has 0 saturated carbocycles. The summed E-state index contributed by atoms with van der Waals surface area (Å²) < 4.78 is 18.4. The molecule has 4 aromatic rings. The largest absolute Gasteiger partial charge is 0.497 e. The molecule has 1 aromatic heterocycles. The van der Waals surface area contributed by atoms with Crippen LogP contribution in [0.2, 0.25) is 0 Å². The Bertz CT molecular complexity index is 1140. The molecular weight excluding hydrogens is 411 g/mol. The Hall–Kier alpha value is -3.51. The predicted octanol–water partition coefficient (Wildman–Crippen LogP) is 5.41. The molecule has 0 aliphatic rings. The van der Waals surface area contributed by atoms with Crippen LogP contribution in [0.5, 0.6) is 5.75 Å². The number of thiazole rings is 1. The number of aromatic nitrogens is 1. The van der Waals surface area contributed by atoms with E-state index in [2.05, 4.69) is 10.3 Å². The molecular formula is C25H21FN2O2S. The van der Waals surface area contributed by atoms with Gasteiger partial charge in [-0.05, 0) is 47.5 Å². The zero-order valence-electron chi connectivity index (χ0n) is 16.9. The number of carbonyl (C=O) groups excluding carboxylic acids is 1. The second-order valence-electron chi connectivity index (χ2n) is 7.01. The van der Waals surface area contributed by atoms with Crippen molar-refractivity contribution in [2.75, 3.05) is 7.11 Å². The third kappa shape index (κ3) is 5.16. The first-order valence-electron chi connectivity index (χ1n) is 9.81. The summed E-state index contributed by atoms with van der Waals surface area (Å²) >= 11 is 1.44. The minimum Gasteiger partial charge on any atom is -0.497 e. The Morgan fingerprint density at radius 1 is 1.00 bits per heavy atom. The smallest absolute Gasteiger partial charge is 0.226 e. The molecule has 0 aliphatic carbocycles. The molecule has 4 rings (SSSR count). The van der Waals surface area contributed by atoms with Crippen molar-refractivity contribution >= 4 is 17.2 Å². The van der Waals surface area contributed by atoms with Gasteiger partial charge in [0.25, 0.3) is 0 Å². The average molecular weight is 433 g/mol. The van der Waals surface area contributed by atoms with Gasteiger partial charge in [0.05, 0.1) is 25.3 Å². The maximum absolute atomic E-state index is 13.1. The molecule has 156 valence electrons. The van der Waals surface area contributed by atoms with Gasteiger partial charge in [0, 0.05) is 10.9 Å². The van der Waals surface area contributed by atoms with Gasteiger partial charge in [0.2, 0.25) is 5.91 Å². The van der Waals surface area contributed by atoms with Crippen molar-refractivity contribution in [1.82, 2.24) is 10.3 Å². The molecule has 1 amide bonds. The Balaban J connectivity index is 1.50. The SMILES string of the molecule is COc1ccc([C@@H](NC(=O)Cc2csc(-c3ccc(F)cc3)n2)c2ccccc2)cc1. The summed E-state index contributed by atoms with van der Waals surface area (Å²) in [5, 5.41) is 5.75. The van der Waals surface area contributed by atoms with E-state index in [0.29, 0.717) is 5.69 Å². The van der Waals surface area contributed by atoms with Crippen LogP contribution in [-0.2, 0) is 11.2 Å². The highest BCUT2D eigenvalue weighted by molar-refractivity contribution is 7.13. The number of rotatable bonds is 7. The van der Waals surface area contributed by atoms with Gasteiger partial charge in [0.15, 0.2) is 0 Å². The van der Waals surface area contributed by atoms with Crippen LogP contribution in [0.1, 0.15) is 22.9 Å². The maximum atomic E-state index is 13.1. The van der Waals surface area contributed by atoms with E-state index in [-0.39, 0.29) is 24.2 Å². The van der Waals surface area contributed by atoms with Gasteiger partial charge in [-0.25, -0.2) is 9.37 Å². The third-order valence-corrected chi connectivity index (χ3v) is 5.81. The topological polar surface area (TPSA) is 51.2 Å². The fourth-order valence-corrected chi connectivity index (χ4v) is 4.12. The number of ether oxygens (including phenoxy) is 1. The van der Waals surface area contributed by atoms with Crippen molar-refractivity contribution in [3.05, 3.63) is 107 Å². The lowest BCUT2D eigenvalue weighted by Gasteiger charge is -2.20. The van der Waals surface area contributed by atoms with Gasteiger partial charge in [-0.1, -0.05) is 42.5 Å². The third-order valence-electron chi connectivity index (χ3n) is 4.87. The highest BCUT2D eigenvalue weighted by Gasteiger charge is 2.18. The Labute approximate surface area is 184 Å². The van der Waals surface area contributed by atoms with Crippen molar-refractivity contribution < 1.29 is 13.9 Å². The Morgan fingerprint density at radius 3 is 2.35 bits per heavy atom. The molecule has 0 bridgehead atoms. The van der Waals surface area contributed by atoms with Crippen LogP contribution in [-0.4, -0.2) is 18.0 Å².